The molecule has 2 heterocycles. The molecule has 0 unspecified atom stereocenters. The highest BCUT2D eigenvalue weighted by Gasteiger charge is 2.17. The zero-order valence-corrected chi connectivity index (χ0v) is 20.1. The average molecular weight is 460 g/mol. The van der Waals surface area contributed by atoms with Gasteiger partial charge in [0, 0.05) is 6.20 Å². The Bertz CT molecular complexity index is 1320. The lowest BCUT2D eigenvalue weighted by atomic mass is 10.1. The number of rotatable bonds is 8. The molecule has 1 amide bonds. The van der Waals surface area contributed by atoms with E-state index in [-0.39, 0.29) is 12.6 Å². The van der Waals surface area contributed by atoms with E-state index in [0.29, 0.717) is 17.9 Å². The lowest BCUT2D eigenvalue weighted by Crippen LogP contribution is -2.15. The number of anilines is 1. The molecule has 8 heteroatoms. The van der Waals surface area contributed by atoms with E-state index in [1.54, 1.807) is 24.1 Å². The van der Waals surface area contributed by atoms with Crippen molar-refractivity contribution in [3.63, 3.8) is 0 Å². The largest absolute Gasteiger partial charge is 0.497 e. The first-order chi connectivity index (χ1) is 16.3. The van der Waals surface area contributed by atoms with Gasteiger partial charge in [0.15, 0.2) is 12.4 Å². The summed E-state index contributed by atoms with van der Waals surface area (Å²) >= 11 is 0. The number of aryl methyl sites for hydroxylation is 3. The summed E-state index contributed by atoms with van der Waals surface area (Å²) in [5.74, 6) is 1.30. The van der Waals surface area contributed by atoms with Crippen LogP contribution in [-0.2, 0) is 13.3 Å². The standard InChI is InChI=1S/C26H29N5O3/c1-17-9-10-18(2)24(13-17)34-16-30-12-11-23(29-30)26(32)27-25-19(3)28-31(20(25)4)15-21-7-6-8-22(14-21)33-5/h6-14H,15-16H2,1-5H3,(H,27,32). The van der Waals surface area contributed by atoms with Crippen LogP contribution in [0.2, 0.25) is 0 Å². The average Bonchev–Trinajstić information content (AvgIpc) is 3.40. The van der Waals surface area contributed by atoms with E-state index in [4.69, 9.17) is 9.47 Å². The van der Waals surface area contributed by atoms with Gasteiger partial charge < -0.3 is 14.8 Å². The van der Waals surface area contributed by atoms with Gasteiger partial charge >= 0.3 is 0 Å². The maximum absolute atomic E-state index is 12.9. The summed E-state index contributed by atoms with van der Waals surface area (Å²) in [6.07, 6.45) is 1.73. The van der Waals surface area contributed by atoms with Crippen LogP contribution in [0.15, 0.2) is 54.7 Å². The van der Waals surface area contributed by atoms with Crippen LogP contribution in [0.1, 0.15) is 38.6 Å². The zero-order chi connectivity index (χ0) is 24.2. The molecule has 0 atom stereocenters. The third kappa shape index (κ3) is 5.11. The van der Waals surface area contributed by atoms with Crippen LogP contribution in [0.5, 0.6) is 11.5 Å². The van der Waals surface area contributed by atoms with Crippen molar-refractivity contribution in [2.75, 3.05) is 12.4 Å². The Morgan fingerprint density at radius 2 is 1.85 bits per heavy atom. The number of methoxy groups -OCH3 is 1. The molecular formula is C26H29N5O3. The number of amides is 1. The molecule has 0 aliphatic heterocycles. The second-order valence-corrected chi connectivity index (χ2v) is 8.29. The number of nitrogens with zero attached hydrogens (tertiary/aromatic N) is 4. The molecule has 0 aliphatic carbocycles. The quantitative estimate of drug-likeness (QED) is 0.414. The molecule has 2 aromatic carbocycles. The van der Waals surface area contributed by atoms with Crippen LogP contribution in [0.4, 0.5) is 5.69 Å². The Balaban J connectivity index is 1.43. The second-order valence-electron chi connectivity index (χ2n) is 8.29. The van der Waals surface area contributed by atoms with E-state index in [1.807, 2.05) is 74.8 Å². The summed E-state index contributed by atoms with van der Waals surface area (Å²) < 4.78 is 14.7. The maximum Gasteiger partial charge on any atom is 0.276 e. The van der Waals surface area contributed by atoms with Crippen molar-refractivity contribution >= 4 is 11.6 Å². The summed E-state index contributed by atoms with van der Waals surface area (Å²) in [6.45, 7) is 8.62. The van der Waals surface area contributed by atoms with Crippen molar-refractivity contribution in [3.05, 3.63) is 88.5 Å². The van der Waals surface area contributed by atoms with Crippen LogP contribution in [0.25, 0.3) is 0 Å². The summed E-state index contributed by atoms with van der Waals surface area (Å²) in [7, 11) is 1.65. The summed E-state index contributed by atoms with van der Waals surface area (Å²) in [5, 5.41) is 11.9. The highest BCUT2D eigenvalue weighted by molar-refractivity contribution is 6.03. The van der Waals surface area contributed by atoms with Gasteiger partial charge in [-0.3, -0.25) is 9.48 Å². The fraction of sp³-hybridized carbons (Fsp3) is 0.269. The number of nitrogens with one attached hydrogen (secondary N) is 1. The van der Waals surface area contributed by atoms with Gasteiger partial charge in [-0.2, -0.15) is 10.2 Å². The predicted molar refractivity (Wildman–Crippen MR) is 131 cm³/mol. The van der Waals surface area contributed by atoms with Crippen molar-refractivity contribution in [1.82, 2.24) is 19.6 Å². The molecule has 34 heavy (non-hydrogen) atoms. The monoisotopic (exact) mass is 459 g/mol. The van der Waals surface area contributed by atoms with Gasteiger partial charge in [-0.15, -0.1) is 0 Å². The van der Waals surface area contributed by atoms with Crippen molar-refractivity contribution in [3.8, 4) is 11.5 Å². The number of aromatic nitrogens is 4. The molecule has 0 saturated heterocycles. The van der Waals surface area contributed by atoms with E-state index in [1.165, 1.54) is 0 Å². The topological polar surface area (TPSA) is 83.2 Å². The number of carbonyl (C=O) groups is 1. The molecule has 0 radical (unpaired) electrons. The van der Waals surface area contributed by atoms with E-state index >= 15 is 0 Å². The third-order valence-corrected chi connectivity index (χ3v) is 5.66. The molecule has 2 aromatic heterocycles. The molecule has 0 fully saturated rings. The van der Waals surface area contributed by atoms with Crippen molar-refractivity contribution in [2.24, 2.45) is 0 Å². The van der Waals surface area contributed by atoms with Gasteiger partial charge in [-0.05, 0) is 68.7 Å². The molecular weight excluding hydrogens is 430 g/mol. The van der Waals surface area contributed by atoms with E-state index in [9.17, 15) is 4.79 Å². The minimum absolute atomic E-state index is 0.216. The molecule has 176 valence electrons. The first-order valence-corrected chi connectivity index (χ1v) is 11.1. The van der Waals surface area contributed by atoms with E-state index < -0.39 is 0 Å². The third-order valence-electron chi connectivity index (χ3n) is 5.66. The normalized spacial score (nSPS) is 10.9. The number of hydrogen-bond donors (Lipinski definition) is 1. The molecule has 0 spiro atoms. The van der Waals surface area contributed by atoms with Gasteiger partial charge in [0.2, 0.25) is 0 Å². The Hall–Kier alpha value is -4.07. The Morgan fingerprint density at radius 1 is 1.03 bits per heavy atom. The predicted octanol–water partition coefficient (Wildman–Crippen LogP) is 4.66. The highest BCUT2D eigenvalue weighted by atomic mass is 16.5. The minimum atomic E-state index is -0.294. The van der Waals surface area contributed by atoms with Crippen LogP contribution in [-0.4, -0.2) is 32.6 Å². The number of ether oxygens (including phenoxy) is 2. The summed E-state index contributed by atoms with van der Waals surface area (Å²) in [6, 6.07) is 15.6. The Kier molecular flexibility index (Phi) is 6.67. The van der Waals surface area contributed by atoms with Gasteiger partial charge in [0.25, 0.3) is 5.91 Å². The van der Waals surface area contributed by atoms with Crippen molar-refractivity contribution in [2.45, 2.75) is 41.0 Å². The lowest BCUT2D eigenvalue weighted by Gasteiger charge is -2.10. The molecule has 4 rings (SSSR count). The van der Waals surface area contributed by atoms with Gasteiger partial charge in [-0.1, -0.05) is 24.3 Å². The first kappa shape index (κ1) is 23.1. The molecule has 0 saturated carbocycles. The SMILES string of the molecule is COc1cccc(Cn2nc(C)c(NC(=O)c3ccn(COc4cc(C)ccc4C)n3)c2C)c1. The van der Waals surface area contributed by atoms with Crippen LogP contribution < -0.4 is 14.8 Å². The second kappa shape index (κ2) is 9.82. The fourth-order valence-corrected chi connectivity index (χ4v) is 3.71. The fourth-order valence-electron chi connectivity index (χ4n) is 3.71. The van der Waals surface area contributed by atoms with Gasteiger partial charge in [0.1, 0.15) is 11.5 Å². The zero-order valence-electron chi connectivity index (χ0n) is 20.1. The van der Waals surface area contributed by atoms with E-state index in [2.05, 4.69) is 15.5 Å². The number of benzene rings is 2. The molecule has 8 nitrogen and oxygen atoms in total. The van der Waals surface area contributed by atoms with Crippen LogP contribution in [0.3, 0.4) is 0 Å². The Morgan fingerprint density at radius 3 is 2.65 bits per heavy atom. The first-order valence-electron chi connectivity index (χ1n) is 11.1. The van der Waals surface area contributed by atoms with Crippen LogP contribution >= 0.6 is 0 Å². The lowest BCUT2D eigenvalue weighted by molar-refractivity contribution is 0.102. The molecule has 0 bridgehead atoms. The Labute approximate surface area is 199 Å². The number of carbonyl (C=O) groups excluding carboxylic acids is 1. The summed E-state index contributed by atoms with van der Waals surface area (Å²) in [5.41, 5.74) is 5.84. The molecule has 4 aromatic rings. The molecule has 0 aliphatic rings. The van der Waals surface area contributed by atoms with Gasteiger partial charge in [-0.25, -0.2) is 4.68 Å². The highest BCUT2D eigenvalue weighted by Crippen LogP contribution is 2.23. The number of hydrogen-bond acceptors (Lipinski definition) is 5. The maximum atomic E-state index is 12.9. The minimum Gasteiger partial charge on any atom is -0.497 e. The van der Waals surface area contributed by atoms with Crippen molar-refractivity contribution < 1.29 is 14.3 Å². The van der Waals surface area contributed by atoms with Crippen molar-refractivity contribution in [1.29, 1.82) is 0 Å². The summed E-state index contributed by atoms with van der Waals surface area (Å²) in [4.78, 5) is 12.9. The van der Waals surface area contributed by atoms with E-state index in [0.717, 1.165) is 39.6 Å². The molecule has 1 N–H and O–H groups in total. The van der Waals surface area contributed by atoms with Crippen LogP contribution in [0, 0.1) is 27.7 Å². The van der Waals surface area contributed by atoms with Gasteiger partial charge in [0.05, 0.1) is 30.7 Å². The smallest absolute Gasteiger partial charge is 0.276 e.